The van der Waals surface area contributed by atoms with Crippen LogP contribution in [0.25, 0.3) is 0 Å². The Morgan fingerprint density at radius 2 is 2.33 bits per heavy atom. The van der Waals surface area contributed by atoms with Crippen molar-refractivity contribution in [1.29, 1.82) is 0 Å². The molecule has 2 aliphatic heterocycles. The Balaban J connectivity index is 1.60. The lowest BCUT2D eigenvalue weighted by molar-refractivity contribution is 0.156. The highest BCUT2D eigenvalue weighted by molar-refractivity contribution is 9.10. The minimum atomic E-state index is -0.225. The molecule has 1 N–H and O–H groups in total. The molecule has 2 saturated heterocycles. The lowest BCUT2D eigenvalue weighted by atomic mass is 9.87. The molecule has 1 unspecified atom stereocenters. The van der Waals surface area contributed by atoms with E-state index in [0.717, 1.165) is 57.2 Å². The second kappa shape index (κ2) is 7.83. The Bertz CT molecular complexity index is 602. The van der Waals surface area contributed by atoms with Gasteiger partial charge in [-0.2, -0.15) is 0 Å². The summed E-state index contributed by atoms with van der Waals surface area (Å²) in [5, 5.41) is 3.40. The lowest BCUT2D eigenvalue weighted by Gasteiger charge is -2.25. The highest BCUT2D eigenvalue weighted by atomic mass is 79.9. The molecule has 1 aromatic carbocycles. The topological polar surface area (TPSA) is 36.9 Å². The van der Waals surface area contributed by atoms with Crippen LogP contribution < -0.4 is 5.32 Å². The fourth-order valence-electron chi connectivity index (χ4n) is 3.50. The maximum atomic E-state index is 13.3. The molecule has 0 amide bonds. The van der Waals surface area contributed by atoms with Crippen LogP contribution in [0.2, 0.25) is 0 Å². The number of ether oxygens (including phenoxy) is 1. The SMILES string of the molecule is CCNC(=NCCc1ccc(F)c(Br)c1)N1CCC2(CCOC2)C1. The minimum absolute atomic E-state index is 0.225. The van der Waals surface area contributed by atoms with Gasteiger partial charge in [-0.1, -0.05) is 6.07 Å². The van der Waals surface area contributed by atoms with Crippen LogP contribution in [0.3, 0.4) is 0 Å². The van der Waals surface area contributed by atoms with Crippen LogP contribution in [0.4, 0.5) is 4.39 Å². The molecule has 0 bridgehead atoms. The van der Waals surface area contributed by atoms with Crippen molar-refractivity contribution in [2.45, 2.75) is 26.2 Å². The van der Waals surface area contributed by atoms with Crippen molar-refractivity contribution >= 4 is 21.9 Å². The summed E-state index contributed by atoms with van der Waals surface area (Å²) in [5.41, 5.74) is 1.42. The molecular weight excluding hydrogens is 373 g/mol. The van der Waals surface area contributed by atoms with Gasteiger partial charge in [-0.15, -0.1) is 0 Å². The summed E-state index contributed by atoms with van der Waals surface area (Å²) in [6.45, 7) is 7.49. The average Bonchev–Trinajstić information content (AvgIpc) is 3.20. The van der Waals surface area contributed by atoms with Gasteiger partial charge in [0.2, 0.25) is 0 Å². The third kappa shape index (κ3) is 4.09. The Morgan fingerprint density at radius 3 is 3.04 bits per heavy atom. The standard InChI is InChI=1S/C18H25BrFN3O/c1-2-21-17(23-9-6-18(12-23)7-10-24-13-18)22-8-5-14-3-4-16(20)15(19)11-14/h3-4,11H,2,5-10,12-13H2,1H3,(H,21,22). The molecule has 0 aliphatic carbocycles. The third-order valence-corrected chi connectivity index (χ3v) is 5.51. The first-order valence-electron chi connectivity index (χ1n) is 8.67. The van der Waals surface area contributed by atoms with Crippen molar-refractivity contribution in [3.8, 4) is 0 Å². The van der Waals surface area contributed by atoms with Crippen molar-refractivity contribution in [2.75, 3.05) is 39.4 Å². The number of benzene rings is 1. The van der Waals surface area contributed by atoms with E-state index in [0.29, 0.717) is 16.4 Å². The quantitative estimate of drug-likeness (QED) is 0.625. The number of nitrogens with one attached hydrogen (secondary N) is 1. The van der Waals surface area contributed by atoms with Gasteiger partial charge >= 0.3 is 0 Å². The number of rotatable bonds is 4. The van der Waals surface area contributed by atoms with E-state index in [4.69, 9.17) is 9.73 Å². The lowest BCUT2D eigenvalue weighted by Crippen LogP contribution is -2.41. The molecule has 1 atom stereocenters. The maximum absolute atomic E-state index is 13.3. The van der Waals surface area contributed by atoms with Crippen LogP contribution >= 0.6 is 15.9 Å². The zero-order valence-corrected chi connectivity index (χ0v) is 15.7. The molecule has 0 saturated carbocycles. The molecular formula is C18H25BrFN3O. The van der Waals surface area contributed by atoms with Gasteiger partial charge in [-0.25, -0.2) is 4.39 Å². The number of guanidine groups is 1. The van der Waals surface area contributed by atoms with E-state index in [2.05, 4.69) is 33.1 Å². The van der Waals surface area contributed by atoms with E-state index < -0.39 is 0 Å². The van der Waals surface area contributed by atoms with Crippen LogP contribution in [0.1, 0.15) is 25.3 Å². The summed E-state index contributed by atoms with van der Waals surface area (Å²) in [7, 11) is 0. The summed E-state index contributed by atoms with van der Waals surface area (Å²) < 4.78 is 19.4. The molecule has 3 rings (SSSR count). The van der Waals surface area contributed by atoms with Gasteiger partial charge in [0.05, 0.1) is 11.1 Å². The fourth-order valence-corrected chi connectivity index (χ4v) is 3.93. The molecule has 2 aliphatic rings. The zero-order valence-electron chi connectivity index (χ0n) is 14.2. The number of hydrogen-bond acceptors (Lipinski definition) is 2. The first-order chi connectivity index (χ1) is 11.6. The van der Waals surface area contributed by atoms with Crippen molar-refractivity contribution in [1.82, 2.24) is 10.2 Å². The second-order valence-electron chi connectivity index (χ2n) is 6.71. The maximum Gasteiger partial charge on any atom is 0.193 e. The second-order valence-corrected chi connectivity index (χ2v) is 7.56. The van der Waals surface area contributed by atoms with Crippen LogP contribution in [0.5, 0.6) is 0 Å². The van der Waals surface area contributed by atoms with Gasteiger partial charge in [-0.05, 0) is 59.8 Å². The van der Waals surface area contributed by atoms with E-state index in [1.165, 1.54) is 12.5 Å². The molecule has 2 heterocycles. The molecule has 24 heavy (non-hydrogen) atoms. The number of hydrogen-bond donors (Lipinski definition) is 1. The number of likely N-dealkylation sites (tertiary alicyclic amines) is 1. The van der Waals surface area contributed by atoms with E-state index in [1.807, 2.05) is 12.1 Å². The summed E-state index contributed by atoms with van der Waals surface area (Å²) in [4.78, 5) is 7.14. The van der Waals surface area contributed by atoms with E-state index in [9.17, 15) is 4.39 Å². The van der Waals surface area contributed by atoms with Crippen molar-refractivity contribution in [2.24, 2.45) is 10.4 Å². The van der Waals surface area contributed by atoms with Gasteiger partial charge < -0.3 is 15.0 Å². The molecule has 0 aromatic heterocycles. The molecule has 1 aromatic rings. The highest BCUT2D eigenvalue weighted by Crippen LogP contribution is 2.38. The van der Waals surface area contributed by atoms with Gasteiger partial charge in [0.15, 0.2) is 5.96 Å². The summed E-state index contributed by atoms with van der Waals surface area (Å²) in [6, 6.07) is 5.15. The van der Waals surface area contributed by atoms with Crippen molar-refractivity contribution in [3.63, 3.8) is 0 Å². The predicted octanol–water partition coefficient (Wildman–Crippen LogP) is 3.21. The van der Waals surface area contributed by atoms with Crippen LogP contribution in [-0.2, 0) is 11.2 Å². The molecule has 1 spiro atoms. The Hall–Kier alpha value is -1.14. The van der Waals surface area contributed by atoms with Gasteiger partial charge in [0, 0.05) is 38.2 Å². The Morgan fingerprint density at radius 1 is 1.46 bits per heavy atom. The van der Waals surface area contributed by atoms with Gasteiger partial charge in [-0.3, -0.25) is 4.99 Å². The first-order valence-corrected chi connectivity index (χ1v) is 9.46. The monoisotopic (exact) mass is 397 g/mol. The summed E-state index contributed by atoms with van der Waals surface area (Å²) in [5.74, 6) is 0.763. The Labute approximate surface area is 151 Å². The molecule has 0 radical (unpaired) electrons. The first kappa shape index (κ1) is 17.7. The van der Waals surface area contributed by atoms with Crippen LogP contribution in [0.15, 0.2) is 27.7 Å². The molecule has 6 heteroatoms. The summed E-state index contributed by atoms with van der Waals surface area (Å²) in [6.07, 6.45) is 3.14. The van der Waals surface area contributed by atoms with Crippen LogP contribution in [-0.4, -0.2) is 50.3 Å². The number of halogens is 2. The molecule has 132 valence electrons. The third-order valence-electron chi connectivity index (χ3n) is 4.90. The smallest absolute Gasteiger partial charge is 0.193 e. The average molecular weight is 398 g/mol. The highest BCUT2D eigenvalue weighted by Gasteiger charge is 2.42. The predicted molar refractivity (Wildman–Crippen MR) is 97.8 cm³/mol. The van der Waals surface area contributed by atoms with E-state index in [1.54, 1.807) is 0 Å². The van der Waals surface area contributed by atoms with E-state index in [-0.39, 0.29) is 5.82 Å². The normalized spacial score (nSPS) is 24.1. The largest absolute Gasteiger partial charge is 0.381 e. The Kier molecular flexibility index (Phi) is 5.76. The van der Waals surface area contributed by atoms with Crippen LogP contribution in [0, 0.1) is 11.2 Å². The van der Waals surface area contributed by atoms with Crippen molar-refractivity contribution < 1.29 is 9.13 Å². The molecule has 2 fully saturated rings. The minimum Gasteiger partial charge on any atom is -0.381 e. The van der Waals surface area contributed by atoms with Gasteiger partial charge in [0.25, 0.3) is 0 Å². The summed E-state index contributed by atoms with van der Waals surface area (Å²) >= 11 is 3.24. The van der Waals surface area contributed by atoms with Crippen molar-refractivity contribution in [3.05, 3.63) is 34.1 Å². The fraction of sp³-hybridized carbons (Fsp3) is 0.611. The van der Waals surface area contributed by atoms with E-state index >= 15 is 0 Å². The van der Waals surface area contributed by atoms with Gasteiger partial charge in [0.1, 0.15) is 5.82 Å². The molecule has 4 nitrogen and oxygen atoms in total. The number of aliphatic imine (C=N–C) groups is 1. The number of nitrogens with zero attached hydrogens (tertiary/aromatic N) is 2. The zero-order chi connectivity index (χ0) is 17.0.